The van der Waals surface area contributed by atoms with Gasteiger partial charge in [-0.2, -0.15) is 0 Å². The second-order valence-electron chi connectivity index (χ2n) is 2.42. The summed E-state index contributed by atoms with van der Waals surface area (Å²) in [5, 5.41) is 0. The molecule has 0 atom stereocenters. The van der Waals surface area contributed by atoms with Gasteiger partial charge in [-0.05, 0) is 30.0 Å². The van der Waals surface area contributed by atoms with Crippen molar-refractivity contribution >= 4 is 15.9 Å². The summed E-state index contributed by atoms with van der Waals surface area (Å²) in [6.45, 7) is 0.853. The van der Waals surface area contributed by atoms with Crippen molar-refractivity contribution in [2.75, 3.05) is 14.1 Å². The SMILES string of the molecule is CN(C)Cc1ncc(Br)[nH]1. The van der Waals surface area contributed by atoms with Crippen LogP contribution < -0.4 is 0 Å². The van der Waals surface area contributed by atoms with Crippen LogP contribution in [0.4, 0.5) is 0 Å². The van der Waals surface area contributed by atoms with Crippen LogP contribution in [0, 0.1) is 0 Å². The molecule has 1 aromatic rings. The largest absolute Gasteiger partial charge is 0.336 e. The Morgan fingerprint density at radius 3 is 2.80 bits per heavy atom. The first-order valence-electron chi connectivity index (χ1n) is 3.02. The summed E-state index contributed by atoms with van der Waals surface area (Å²) in [5.74, 6) is 0.983. The lowest BCUT2D eigenvalue weighted by atomic mass is 10.6. The number of H-pyrrole nitrogens is 1. The van der Waals surface area contributed by atoms with Crippen LogP contribution in [0.25, 0.3) is 0 Å². The number of aromatic amines is 1. The van der Waals surface area contributed by atoms with Gasteiger partial charge in [-0.1, -0.05) is 0 Å². The fourth-order valence-electron chi connectivity index (χ4n) is 0.717. The summed E-state index contributed by atoms with van der Waals surface area (Å²) in [6, 6.07) is 0. The number of nitrogens with zero attached hydrogens (tertiary/aromatic N) is 2. The molecule has 10 heavy (non-hydrogen) atoms. The van der Waals surface area contributed by atoms with Gasteiger partial charge in [-0.25, -0.2) is 4.98 Å². The smallest absolute Gasteiger partial charge is 0.121 e. The van der Waals surface area contributed by atoms with Gasteiger partial charge in [0.15, 0.2) is 0 Å². The Balaban J connectivity index is 2.58. The summed E-state index contributed by atoms with van der Waals surface area (Å²) >= 11 is 3.29. The first-order chi connectivity index (χ1) is 4.68. The second-order valence-corrected chi connectivity index (χ2v) is 3.27. The van der Waals surface area contributed by atoms with E-state index in [0.29, 0.717) is 0 Å². The van der Waals surface area contributed by atoms with Gasteiger partial charge in [0, 0.05) is 0 Å². The standard InChI is InChI=1S/C6H10BrN3/c1-10(2)4-6-8-3-5(7)9-6/h3H,4H2,1-2H3,(H,8,9). The molecular formula is C6H10BrN3. The third-order valence-corrected chi connectivity index (χ3v) is 1.47. The molecule has 1 aromatic heterocycles. The minimum Gasteiger partial charge on any atom is -0.336 e. The molecule has 0 fully saturated rings. The van der Waals surface area contributed by atoms with E-state index < -0.39 is 0 Å². The highest BCUT2D eigenvalue weighted by Gasteiger charge is 1.97. The third-order valence-electron chi connectivity index (χ3n) is 1.06. The zero-order valence-electron chi connectivity index (χ0n) is 6.06. The molecule has 0 saturated carbocycles. The molecule has 0 aliphatic carbocycles. The summed E-state index contributed by atoms with van der Waals surface area (Å²) in [5.41, 5.74) is 0. The molecule has 1 N–H and O–H groups in total. The van der Waals surface area contributed by atoms with Crippen LogP contribution >= 0.6 is 15.9 Å². The van der Waals surface area contributed by atoms with Gasteiger partial charge in [0.2, 0.25) is 0 Å². The summed E-state index contributed by atoms with van der Waals surface area (Å²) in [6.07, 6.45) is 1.76. The van der Waals surface area contributed by atoms with Crippen LogP contribution in [-0.4, -0.2) is 29.0 Å². The molecule has 1 rings (SSSR count). The van der Waals surface area contributed by atoms with Crippen molar-refractivity contribution in [3.8, 4) is 0 Å². The maximum atomic E-state index is 4.11. The number of hydrogen-bond acceptors (Lipinski definition) is 2. The van der Waals surface area contributed by atoms with Crippen LogP contribution in [-0.2, 0) is 6.54 Å². The number of halogens is 1. The van der Waals surface area contributed by atoms with Crippen molar-refractivity contribution in [3.05, 3.63) is 16.6 Å². The summed E-state index contributed by atoms with van der Waals surface area (Å²) in [4.78, 5) is 9.24. The van der Waals surface area contributed by atoms with E-state index in [9.17, 15) is 0 Å². The highest BCUT2D eigenvalue weighted by atomic mass is 79.9. The highest BCUT2D eigenvalue weighted by molar-refractivity contribution is 9.10. The summed E-state index contributed by atoms with van der Waals surface area (Å²) in [7, 11) is 4.02. The van der Waals surface area contributed by atoms with E-state index in [1.54, 1.807) is 6.20 Å². The van der Waals surface area contributed by atoms with Crippen LogP contribution in [0.2, 0.25) is 0 Å². The van der Waals surface area contributed by atoms with Crippen molar-refractivity contribution in [2.45, 2.75) is 6.54 Å². The Labute approximate surface area is 68.6 Å². The molecule has 0 radical (unpaired) electrons. The Hall–Kier alpha value is -0.350. The average Bonchev–Trinajstić information content (AvgIpc) is 2.13. The molecule has 0 amide bonds. The van der Waals surface area contributed by atoms with Crippen LogP contribution in [0.15, 0.2) is 10.8 Å². The van der Waals surface area contributed by atoms with E-state index in [2.05, 4.69) is 30.8 Å². The lowest BCUT2D eigenvalue weighted by Gasteiger charge is -2.04. The van der Waals surface area contributed by atoms with Crippen molar-refractivity contribution < 1.29 is 0 Å². The Morgan fingerprint density at radius 1 is 1.70 bits per heavy atom. The molecule has 0 aromatic carbocycles. The van der Waals surface area contributed by atoms with Gasteiger partial charge >= 0.3 is 0 Å². The van der Waals surface area contributed by atoms with E-state index in [4.69, 9.17) is 0 Å². The Kier molecular flexibility index (Phi) is 2.45. The molecule has 1 heterocycles. The van der Waals surface area contributed by atoms with E-state index in [-0.39, 0.29) is 0 Å². The number of rotatable bonds is 2. The first-order valence-corrected chi connectivity index (χ1v) is 3.82. The molecule has 0 bridgehead atoms. The Morgan fingerprint density at radius 2 is 2.40 bits per heavy atom. The van der Waals surface area contributed by atoms with Crippen molar-refractivity contribution in [1.82, 2.24) is 14.9 Å². The molecule has 0 aliphatic heterocycles. The summed E-state index contributed by atoms with van der Waals surface area (Å²) < 4.78 is 0.935. The Bertz CT molecular complexity index is 207. The third kappa shape index (κ3) is 2.11. The van der Waals surface area contributed by atoms with Crippen LogP contribution in [0.5, 0.6) is 0 Å². The monoisotopic (exact) mass is 203 g/mol. The number of nitrogens with one attached hydrogen (secondary N) is 1. The van der Waals surface area contributed by atoms with Crippen LogP contribution in [0.3, 0.4) is 0 Å². The normalized spacial score (nSPS) is 10.8. The molecule has 3 nitrogen and oxygen atoms in total. The van der Waals surface area contributed by atoms with Crippen LogP contribution in [0.1, 0.15) is 5.82 Å². The predicted octanol–water partition coefficient (Wildman–Crippen LogP) is 1.23. The maximum Gasteiger partial charge on any atom is 0.121 e. The average molecular weight is 204 g/mol. The lowest BCUT2D eigenvalue weighted by Crippen LogP contribution is -2.11. The second kappa shape index (κ2) is 3.16. The molecular weight excluding hydrogens is 194 g/mol. The van der Waals surface area contributed by atoms with Crippen molar-refractivity contribution in [3.63, 3.8) is 0 Å². The molecule has 0 spiro atoms. The van der Waals surface area contributed by atoms with Crippen molar-refractivity contribution in [2.24, 2.45) is 0 Å². The van der Waals surface area contributed by atoms with E-state index >= 15 is 0 Å². The fraction of sp³-hybridized carbons (Fsp3) is 0.500. The minimum absolute atomic E-state index is 0.853. The predicted molar refractivity (Wildman–Crippen MR) is 43.7 cm³/mol. The molecule has 56 valence electrons. The maximum absolute atomic E-state index is 4.11. The van der Waals surface area contributed by atoms with Gasteiger partial charge < -0.3 is 9.88 Å². The van der Waals surface area contributed by atoms with E-state index in [1.807, 2.05) is 14.1 Å². The number of imidazole rings is 1. The lowest BCUT2D eigenvalue weighted by molar-refractivity contribution is 0.392. The molecule has 0 unspecified atom stereocenters. The van der Waals surface area contributed by atoms with Gasteiger partial charge in [-0.3, -0.25) is 0 Å². The highest BCUT2D eigenvalue weighted by Crippen LogP contribution is 2.05. The van der Waals surface area contributed by atoms with E-state index in [1.165, 1.54) is 0 Å². The first kappa shape index (κ1) is 7.75. The quantitative estimate of drug-likeness (QED) is 0.785. The van der Waals surface area contributed by atoms with Gasteiger partial charge in [0.25, 0.3) is 0 Å². The molecule has 4 heteroatoms. The molecule has 0 saturated heterocycles. The zero-order valence-corrected chi connectivity index (χ0v) is 7.64. The minimum atomic E-state index is 0.853. The van der Waals surface area contributed by atoms with Gasteiger partial charge in [-0.15, -0.1) is 0 Å². The number of aromatic nitrogens is 2. The topological polar surface area (TPSA) is 31.9 Å². The van der Waals surface area contributed by atoms with Gasteiger partial charge in [0.1, 0.15) is 10.4 Å². The zero-order chi connectivity index (χ0) is 7.56. The molecule has 0 aliphatic rings. The van der Waals surface area contributed by atoms with E-state index in [0.717, 1.165) is 17.0 Å². The fourth-order valence-corrected chi connectivity index (χ4v) is 1.05. The van der Waals surface area contributed by atoms with Crippen molar-refractivity contribution in [1.29, 1.82) is 0 Å². The van der Waals surface area contributed by atoms with Gasteiger partial charge in [0.05, 0.1) is 12.7 Å². The number of hydrogen-bond donors (Lipinski definition) is 1.